The van der Waals surface area contributed by atoms with Gasteiger partial charge in [-0.05, 0) is 55.0 Å². The zero-order chi connectivity index (χ0) is 21.5. The van der Waals surface area contributed by atoms with Crippen molar-refractivity contribution in [2.45, 2.75) is 20.3 Å². The summed E-state index contributed by atoms with van der Waals surface area (Å²) in [5, 5.41) is 9.73. The second-order valence-electron chi connectivity index (χ2n) is 6.52. The molecule has 1 aromatic heterocycles. The number of benzene rings is 2. The largest absolute Gasteiger partial charge is 0.461 e. The second kappa shape index (κ2) is 9.51. The Balaban J connectivity index is 1.58. The van der Waals surface area contributed by atoms with E-state index in [0.717, 1.165) is 11.3 Å². The number of nitrogens with zero attached hydrogens (tertiary/aromatic N) is 2. The number of carbonyl (C=O) groups is 3. The summed E-state index contributed by atoms with van der Waals surface area (Å²) in [6, 6.07) is 15.8. The lowest BCUT2D eigenvalue weighted by Gasteiger charge is -2.08. The van der Waals surface area contributed by atoms with Gasteiger partial charge in [-0.1, -0.05) is 12.1 Å². The Morgan fingerprint density at radius 1 is 0.933 bits per heavy atom. The smallest absolute Gasteiger partial charge is 0.358 e. The molecule has 0 aliphatic rings. The average molecular weight is 406 g/mol. The predicted molar refractivity (Wildman–Crippen MR) is 113 cm³/mol. The fourth-order valence-corrected chi connectivity index (χ4v) is 2.78. The molecule has 2 N–H and O–H groups in total. The molecule has 3 rings (SSSR count). The molecule has 0 unspecified atom stereocenters. The minimum absolute atomic E-state index is 0.142. The van der Waals surface area contributed by atoms with Crippen LogP contribution in [0.2, 0.25) is 0 Å². The number of hydrogen-bond acceptors (Lipinski definition) is 5. The molecule has 0 bridgehead atoms. The predicted octanol–water partition coefficient (Wildman–Crippen LogP) is 3.19. The van der Waals surface area contributed by atoms with Crippen LogP contribution in [0.25, 0.3) is 5.69 Å². The fraction of sp³-hybridized carbons (Fsp3) is 0.182. The van der Waals surface area contributed by atoms with Crippen molar-refractivity contribution < 1.29 is 19.1 Å². The van der Waals surface area contributed by atoms with Crippen molar-refractivity contribution in [2.24, 2.45) is 0 Å². The van der Waals surface area contributed by atoms with Crippen molar-refractivity contribution in [1.29, 1.82) is 0 Å². The molecular formula is C22H22N4O4. The molecule has 8 nitrogen and oxygen atoms in total. The fourth-order valence-electron chi connectivity index (χ4n) is 2.78. The number of amides is 2. The third-order valence-corrected chi connectivity index (χ3v) is 4.13. The molecule has 0 saturated carbocycles. The molecule has 0 aliphatic carbocycles. The highest BCUT2D eigenvalue weighted by Crippen LogP contribution is 2.15. The number of carbonyl (C=O) groups excluding carboxylic acids is 3. The molecule has 3 aromatic rings. The average Bonchev–Trinajstić information content (AvgIpc) is 3.20. The Bertz CT molecular complexity index is 1040. The Kier molecular flexibility index (Phi) is 6.59. The van der Waals surface area contributed by atoms with Crippen LogP contribution in [0.1, 0.15) is 29.9 Å². The van der Waals surface area contributed by atoms with E-state index in [-0.39, 0.29) is 23.9 Å². The maximum Gasteiger partial charge on any atom is 0.358 e. The van der Waals surface area contributed by atoms with E-state index < -0.39 is 5.97 Å². The minimum Gasteiger partial charge on any atom is -0.461 e. The normalized spacial score (nSPS) is 10.3. The van der Waals surface area contributed by atoms with Crippen LogP contribution < -0.4 is 10.6 Å². The highest BCUT2D eigenvalue weighted by Gasteiger charge is 2.11. The number of ether oxygens (including phenoxy) is 1. The van der Waals surface area contributed by atoms with Gasteiger partial charge in [0.05, 0.1) is 18.7 Å². The van der Waals surface area contributed by atoms with E-state index in [2.05, 4.69) is 15.7 Å². The van der Waals surface area contributed by atoms with Crippen molar-refractivity contribution in [3.8, 4) is 5.69 Å². The first-order chi connectivity index (χ1) is 14.4. The molecule has 0 aliphatic heterocycles. The van der Waals surface area contributed by atoms with Crippen molar-refractivity contribution >= 4 is 29.2 Å². The SMILES string of the molecule is CCOC(=O)c1ccn(-c2ccc(NC(=O)Cc3ccc(NC(C)=O)cc3)cc2)n1. The minimum atomic E-state index is -0.467. The van der Waals surface area contributed by atoms with E-state index in [4.69, 9.17) is 4.74 Å². The summed E-state index contributed by atoms with van der Waals surface area (Å²) < 4.78 is 6.50. The number of rotatable bonds is 7. The Hall–Kier alpha value is -3.94. The molecule has 0 spiro atoms. The van der Waals surface area contributed by atoms with E-state index >= 15 is 0 Å². The Morgan fingerprint density at radius 2 is 1.57 bits per heavy atom. The number of aromatic nitrogens is 2. The van der Waals surface area contributed by atoms with Gasteiger partial charge in [0.15, 0.2) is 5.69 Å². The van der Waals surface area contributed by atoms with Crippen molar-refractivity contribution in [2.75, 3.05) is 17.2 Å². The standard InChI is InChI=1S/C22H22N4O4/c1-3-30-22(29)20-12-13-26(25-20)19-10-8-18(9-11-19)24-21(28)14-16-4-6-17(7-5-16)23-15(2)27/h4-13H,3,14H2,1-2H3,(H,23,27)(H,24,28). The van der Waals surface area contributed by atoms with Crippen molar-refractivity contribution in [1.82, 2.24) is 9.78 Å². The summed E-state index contributed by atoms with van der Waals surface area (Å²) in [5.74, 6) is -0.764. The highest BCUT2D eigenvalue weighted by molar-refractivity contribution is 5.92. The first-order valence-electron chi connectivity index (χ1n) is 9.44. The van der Waals surface area contributed by atoms with E-state index in [1.807, 2.05) is 0 Å². The number of anilines is 2. The maximum atomic E-state index is 12.3. The molecule has 2 aromatic carbocycles. The molecule has 154 valence electrons. The third-order valence-electron chi connectivity index (χ3n) is 4.13. The van der Waals surface area contributed by atoms with Crippen LogP contribution in [0.5, 0.6) is 0 Å². The van der Waals surface area contributed by atoms with Gasteiger partial charge < -0.3 is 15.4 Å². The topological polar surface area (TPSA) is 102 Å². The second-order valence-corrected chi connectivity index (χ2v) is 6.52. The number of esters is 1. The van der Waals surface area contributed by atoms with E-state index in [0.29, 0.717) is 18.0 Å². The first-order valence-corrected chi connectivity index (χ1v) is 9.44. The van der Waals surface area contributed by atoms with Crippen LogP contribution >= 0.6 is 0 Å². The summed E-state index contributed by atoms with van der Waals surface area (Å²) in [7, 11) is 0. The highest BCUT2D eigenvalue weighted by atomic mass is 16.5. The lowest BCUT2D eigenvalue weighted by atomic mass is 10.1. The van der Waals surface area contributed by atoms with Gasteiger partial charge in [0.1, 0.15) is 0 Å². The summed E-state index contributed by atoms with van der Waals surface area (Å²) in [4.78, 5) is 35.1. The summed E-state index contributed by atoms with van der Waals surface area (Å²) in [6.07, 6.45) is 1.88. The van der Waals surface area contributed by atoms with Gasteiger partial charge >= 0.3 is 5.97 Å². The van der Waals surface area contributed by atoms with Gasteiger partial charge in [-0.15, -0.1) is 0 Å². The maximum absolute atomic E-state index is 12.3. The molecule has 0 fully saturated rings. The zero-order valence-corrected chi connectivity index (χ0v) is 16.7. The van der Waals surface area contributed by atoms with Crippen molar-refractivity contribution in [3.63, 3.8) is 0 Å². The van der Waals surface area contributed by atoms with Gasteiger partial charge in [0.25, 0.3) is 0 Å². The molecule has 0 radical (unpaired) electrons. The van der Waals surface area contributed by atoms with Crippen LogP contribution in [0, 0.1) is 0 Å². The Morgan fingerprint density at radius 3 is 2.20 bits per heavy atom. The molecule has 0 saturated heterocycles. The van der Waals surface area contributed by atoms with Crippen molar-refractivity contribution in [3.05, 3.63) is 72.1 Å². The van der Waals surface area contributed by atoms with Gasteiger partial charge in [-0.2, -0.15) is 5.10 Å². The Labute approximate surface area is 173 Å². The number of hydrogen-bond donors (Lipinski definition) is 2. The lowest BCUT2D eigenvalue weighted by molar-refractivity contribution is -0.116. The molecule has 2 amide bonds. The zero-order valence-electron chi connectivity index (χ0n) is 16.7. The van der Waals surface area contributed by atoms with Gasteiger partial charge in [-0.25, -0.2) is 9.48 Å². The third kappa shape index (κ3) is 5.54. The van der Waals surface area contributed by atoms with E-state index in [9.17, 15) is 14.4 Å². The first kappa shape index (κ1) is 20.8. The van der Waals surface area contributed by atoms with E-state index in [1.165, 1.54) is 6.92 Å². The number of nitrogens with one attached hydrogen (secondary N) is 2. The van der Waals surface area contributed by atoms with Crippen LogP contribution in [0.4, 0.5) is 11.4 Å². The molecule has 1 heterocycles. The summed E-state index contributed by atoms with van der Waals surface area (Å²) >= 11 is 0. The quantitative estimate of drug-likeness (QED) is 0.587. The van der Waals surface area contributed by atoms with Gasteiger partial charge in [-0.3, -0.25) is 9.59 Å². The van der Waals surface area contributed by atoms with Gasteiger partial charge in [0, 0.05) is 24.5 Å². The van der Waals surface area contributed by atoms with Crippen LogP contribution in [0.15, 0.2) is 60.8 Å². The molecule has 30 heavy (non-hydrogen) atoms. The monoisotopic (exact) mass is 406 g/mol. The molecular weight excluding hydrogens is 384 g/mol. The van der Waals surface area contributed by atoms with Crippen LogP contribution in [-0.4, -0.2) is 34.2 Å². The van der Waals surface area contributed by atoms with E-state index in [1.54, 1.807) is 72.4 Å². The molecule has 8 heteroatoms. The summed E-state index contributed by atoms with van der Waals surface area (Å²) in [6.45, 7) is 3.47. The lowest BCUT2D eigenvalue weighted by Crippen LogP contribution is -2.14. The van der Waals surface area contributed by atoms with Gasteiger partial charge in [0.2, 0.25) is 11.8 Å². The summed E-state index contributed by atoms with van der Waals surface area (Å²) in [5.41, 5.74) is 3.15. The van der Waals surface area contributed by atoms with Crippen LogP contribution in [-0.2, 0) is 20.7 Å². The molecule has 0 atom stereocenters. The van der Waals surface area contributed by atoms with Crippen LogP contribution in [0.3, 0.4) is 0 Å².